The van der Waals surface area contributed by atoms with E-state index in [-0.39, 0.29) is 5.56 Å². The lowest BCUT2D eigenvalue weighted by Crippen LogP contribution is -2.08. The Bertz CT molecular complexity index is 1080. The van der Waals surface area contributed by atoms with Crippen LogP contribution in [0.25, 0.3) is 0 Å². The largest absolute Gasteiger partial charge is 0.494 e. The van der Waals surface area contributed by atoms with Gasteiger partial charge in [-0.2, -0.15) is 0 Å². The fourth-order valence-corrected chi connectivity index (χ4v) is 3.24. The maximum atomic E-state index is 13.3. The molecule has 0 aliphatic rings. The lowest BCUT2D eigenvalue weighted by Gasteiger charge is -2.06. The van der Waals surface area contributed by atoms with Crippen molar-refractivity contribution in [2.45, 2.75) is 45.4 Å². The van der Waals surface area contributed by atoms with Crippen molar-refractivity contribution in [1.29, 1.82) is 0 Å². The highest BCUT2D eigenvalue weighted by Gasteiger charge is 2.09. The second-order valence-electron chi connectivity index (χ2n) is 7.81. The van der Waals surface area contributed by atoms with Crippen molar-refractivity contribution < 1.29 is 18.7 Å². The molecule has 0 bridgehead atoms. The van der Waals surface area contributed by atoms with E-state index in [1.165, 1.54) is 50.3 Å². The molecule has 33 heavy (non-hydrogen) atoms. The summed E-state index contributed by atoms with van der Waals surface area (Å²) >= 11 is 0. The number of halogens is 1. The van der Waals surface area contributed by atoms with E-state index in [2.05, 4.69) is 18.8 Å². The normalized spacial score (nSPS) is 10.2. The Morgan fingerprint density at radius 2 is 1.39 bits per heavy atom. The molecule has 0 amide bonds. The molecule has 3 rings (SSSR count). The molecule has 0 atom stereocenters. The summed E-state index contributed by atoms with van der Waals surface area (Å²) in [5, 5.41) is 0. The van der Waals surface area contributed by atoms with Gasteiger partial charge in [0.25, 0.3) is 0 Å². The molecule has 3 nitrogen and oxygen atoms in total. The molecule has 0 N–H and O–H groups in total. The number of rotatable bonds is 10. The van der Waals surface area contributed by atoms with Crippen LogP contribution in [0.3, 0.4) is 0 Å². The lowest BCUT2D eigenvalue weighted by molar-refractivity contribution is 0.0734. The monoisotopic (exact) mass is 444 g/mol. The zero-order valence-corrected chi connectivity index (χ0v) is 19.0. The Hall–Kier alpha value is -3.58. The Morgan fingerprint density at radius 3 is 2.03 bits per heavy atom. The number of hydrogen-bond acceptors (Lipinski definition) is 3. The third-order valence-electron chi connectivity index (χ3n) is 5.10. The molecule has 0 aliphatic heterocycles. The van der Waals surface area contributed by atoms with E-state index in [0.29, 0.717) is 5.75 Å². The zero-order valence-electron chi connectivity index (χ0n) is 19.0. The first-order valence-electron chi connectivity index (χ1n) is 11.5. The van der Waals surface area contributed by atoms with E-state index in [9.17, 15) is 9.18 Å². The van der Waals surface area contributed by atoms with E-state index < -0.39 is 11.8 Å². The second-order valence-corrected chi connectivity index (χ2v) is 7.81. The van der Waals surface area contributed by atoms with E-state index in [1.54, 1.807) is 24.3 Å². The predicted molar refractivity (Wildman–Crippen MR) is 129 cm³/mol. The number of carbonyl (C=O) groups is 1. The third kappa shape index (κ3) is 8.46. The van der Waals surface area contributed by atoms with Crippen molar-refractivity contribution in [3.8, 4) is 23.3 Å². The van der Waals surface area contributed by atoms with Crippen LogP contribution in [0.2, 0.25) is 0 Å². The fraction of sp³-hybridized carbons (Fsp3) is 0.276. The first-order chi connectivity index (χ1) is 16.1. The van der Waals surface area contributed by atoms with Gasteiger partial charge < -0.3 is 9.47 Å². The molecule has 0 heterocycles. The van der Waals surface area contributed by atoms with Gasteiger partial charge in [0.15, 0.2) is 0 Å². The standard InChI is InChI=1S/C29H29FO3/c1-2-3-4-5-6-7-21-32-27-17-13-23(14-18-27)11-12-24-15-19-28(20-16-24)33-29(31)25-9-8-10-26(30)22-25/h8-10,13-20,22H,2-7,21H2,1H3. The Balaban J connectivity index is 1.46. The number of esters is 1. The Morgan fingerprint density at radius 1 is 0.788 bits per heavy atom. The first-order valence-corrected chi connectivity index (χ1v) is 11.5. The van der Waals surface area contributed by atoms with E-state index in [1.807, 2.05) is 24.3 Å². The number of benzene rings is 3. The van der Waals surface area contributed by atoms with E-state index >= 15 is 0 Å². The second kappa shape index (κ2) is 13.1. The molecule has 0 radical (unpaired) electrons. The van der Waals surface area contributed by atoms with Crippen LogP contribution in [0.5, 0.6) is 11.5 Å². The Kier molecular flexibility index (Phi) is 9.54. The molecule has 0 spiro atoms. The summed E-state index contributed by atoms with van der Waals surface area (Å²) in [4.78, 5) is 12.1. The smallest absolute Gasteiger partial charge is 0.343 e. The third-order valence-corrected chi connectivity index (χ3v) is 5.10. The van der Waals surface area contributed by atoms with Crippen LogP contribution in [-0.4, -0.2) is 12.6 Å². The number of hydrogen-bond donors (Lipinski definition) is 0. The van der Waals surface area contributed by atoms with Crippen LogP contribution in [0.1, 0.15) is 66.9 Å². The van der Waals surface area contributed by atoms with Crippen LogP contribution in [0.4, 0.5) is 4.39 Å². The fourth-order valence-electron chi connectivity index (χ4n) is 3.24. The summed E-state index contributed by atoms with van der Waals surface area (Å²) in [5.74, 6) is 6.37. The summed E-state index contributed by atoms with van der Waals surface area (Å²) < 4.78 is 24.3. The van der Waals surface area contributed by atoms with Crippen molar-refractivity contribution in [2.75, 3.05) is 6.61 Å². The van der Waals surface area contributed by atoms with Crippen LogP contribution < -0.4 is 9.47 Å². The summed E-state index contributed by atoms with van der Waals surface area (Å²) in [7, 11) is 0. The van der Waals surface area contributed by atoms with Gasteiger partial charge >= 0.3 is 5.97 Å². The van der Waals surface area contributed by atoms with Gasteiger partial charge in [0.05, 0.1) is 12.2 Å². The first kappa shape index (κ1) is 24.1. The highest BCUT2D eigenvalue weighted by atomic mass is 19.1. The molecular weight excluding hydrogens is 415 g/mol. The van der Waals surface area contributed by atoms with Crippen LogP contribution in [0.15, 0.2) is 72.8 Å². The summed E-state index contributed by atoms with van der Waals surface area (Å²) in [6, 6.07) is 20.1. The van der Waals surface area contributed by atoms with Gasteiger partial charge in [0.2, 0.25) is 0 Å². The van der Waals surface area contributed by atoms with Gasteiger partial charge in [-0.1, -0.05) is 56.9 Å². The summed E-state index contributed by atoms with van der Waals surface area (Å²) in [5.41, 5.74) is 1.85. The van der Waals surface area contributed by atoms with Crippen molar-refractivity contribution in [1.82, 2.24) is 0 Å². The van der Waals surface area contributed by atoms with Gasteiger partial charge in [-0.3, -0.25) is 0 Å². The highest BCUT2D eigenvalue weighted by molar-refractivity contribution is 5.91. The molecule has 170 valence electrons. The average Bonchev–Trinajstić information content (AvgIpc) is 2.84. The molecule has 4 heteroatoms. The Labute approximate surface area is 195 Å². The van der Waals surface area contributed by atoms with E-state index in [4.69, 9.17) is 9.47 Å². The molecule has 0 saturated heterocycles. The minimum absolute atomic E-state index is 0.165. The van der Waals surface area contributed by atoms with Gasteiger partial charge in [0, 0.05) is 11.1 Å². The van der Waals surface area contributed by atoms with Crippen LogP contribution in [0, 0.1) is 17.7 Å². The number of ether oxygens (including phenoxy) is 2. The van der Waals surface area contributed by atoms with Crippen LogP contribution in [-0.2, 0) is 0 Å². The minimum atomic E-state index is -0.605. The van der Waals surface area contributed by atoms with E-state index in [0.717, 1.165) is 36.0 Å². The van der Waals surface area contributed by atoms with Gasteiger partial charge in [-0.05, 0) is 73.2 Å². The van der Waals surface area contributed by atoms with Gasteiger partial charge in [-0.25, -0.2) is 9.18 Å². The molecular formula is C29H29FO3. The summed E-state index contributed by atoms with van der Waals surface area (Å²) in [6.45, 7) is 2.97. The maximum absolute atomic E-state index is 13.3. The van der Waals surface area contributed by atoms with Crippen molar-refractivity contribution in [3.63, 3.8) is 0 Å². The molecule has 3 aromatic carbocycles. The predicted octanol–water partition coefficient (Wildman–Crippen LogP) is 7.18. The zero-order chi connectivity index (χ0) is 23.3. The van der Waals surface area contributed by atoms with Crippen molar-refractivity contribution in [3.05, 3.63) is 95.3 Å². The molecule has 0 aromatic heterocycles. The molecule has 3 aromatic rings. The molecule has 0 fully saturated rings. The van der Waals surface area contributed by atoms with Gasteiger partial charge in [-0.15, -0.1) is 0 Å². The van der Waals surface area contributed by atoms with Crippen LogP contribution >= 0.6 is 0 Å². The topological polar surface area (TPSA) is 35.5 Å². The minimum Gasteiger partial charge on any atom is -0.494 e. The van der Waals surface area contributed by atoms with Gasteiger partial charge in [0.1, 0.15) is 17.3 Å². The average molecular weight is 445 g/mol. The van der Waals surface area contributed by atoms with Crippen molar-refractivity contribution in [2.24, 2.45) is 0 Å². The summed E-state index contributed by atoms with van der Waals surface area (Å²) in [6.07, 6.45) is 7.47. The quantitative estimate of drug-likeness (QED) is 0.144. The lowest BCUT2D eigenvalue weighted by atomic mass is 10.1. The molecule has 0 saturated carbocycles. The highest BCUT2D eigenvalue weighted by Crippen LogP contribution is 2.16. The molecule has 0 aliphatic carbocycles. The SMILES string of the molecule is CCCCCCCCOc1ccc(C#Cc2ccc(OC(=O)c3cccc(F)c3)cc2)cc1. The number of unbranched alkanes of at least 4 members (excludes halogenated alkanes) is 5. The number of carbonyl (C=O) groups excluding carboxylic acids is 1. The molecule has 0 unspecified atom stereocenters. The van der Waals surface area contributed by atoms with Crippen molar-refractivity contribution >= 4 is 5.97 Å². The maximum Gasteiger partial charge on any atom is 0.343 e.